The molecule has 0 amide bonds. The summed E-state index contributed by atoms with van der Waals surface area (Å²) in [4.78, 5) is 4.47. The molecule has 126 valence electrons. The Morgan fingerprint density at radius 3 is 2.52 bits per heavy atom. The monoisotopic (exact) mass is 318 g/mol. The maximum Gasteiger partial charge on any atom is 0.213 e. The highest BCUT2D eigenvalue weighted by molar-refractivity contribution is 5.98. The van der Waals surface area contributed by atoms with Crippen LogP contribution in [0.3, 0.4) is 0 Å². The Morgan fingerprint density at radius 2 is 1.87 bits per heavy atom. The first-order chi connectivity index (χ1) is 11.1. The van der Waals surface area contributed by atoms with Gasteiger partial charge < -0.3 is 19.9 Å². The lowest BCUT2D eigenvalue weighted by molar-refractivity contribution is 0.288. The summed E-state index contributed by atoms with van der Waals surface area (Å²) in [6.45, 7) is 4.84. The van der Waals surface area contributed by atoms with Crippen LogP contribution in [0.2, 0.25) is 0 Å². The van der Waals surface area contributed by atoms with Gasteiger partial charge in [0, 0.05) is 12.1 Å². The van der Waals surface area contributed by atoms with Crippen LogP contribution in [-0.4, -0.2) is 25.8 Å². The van der Waals surface area contributed by atoms with E-state index in [9.17, 15) is 0 Å². The highest BCUT2D eigenvalue weighted by Gasteiger charge is 2.17. The number of pyridine rings is 1. The van der Waals surface area contributed by atoms with E-state index in [1.54, 1.807) is 20.3 Å². The van der Waals surface area contributed by atoms with Crippen LogP contribution in [0.5, 0.6) is 17.4 Å². The number of ether oxygens (including phenoxy) is 3. The van der Waals surface area contributed by atoms with Gasteiger partial charge in [-0.1, -0.05) is 26.2 Å². The first-order valence-electron chi connectivity index (χ1n) is 8.07. The number of anilines is 1. The summed E-state index contributed by atoms with van der Waals surface area (Å²) in [7, 11) is 3.22. The number of benzene rings is 1. The van der Waals surface area contributed by atoms with Crippen molar-refractivity contribution in [3.63, 3.8) is 0 Å². The second-order valence-electron chi connectivity index (χ2n) is 5.61. The number of methoxy groups -OCH3 is 2. The van der Waals surface area contributed by atoms with Crippen molar-refractivity contribution in [1.82, 2.24) is 4.98 Å². The number of rotatable bonds is 8. The minimum Gasteiger partial charge on any atom is -0.493 e. The molecule has 0 saturated heterocycles. The fraction of sp³-hybridized carbons (Fsp3) is 0.500. The number of hydrogen-bond donors (Lipinski definition) is 1. The molecular weight excluding hydrogens is 292 g/mol. The number of unbranched alkanes of at least 4 members (excludes halogenated alkanes) is 3. The Hall–Kier alpha value is -2.17. The van der Waals surface area contributed by atoms with Gasteiger partial charge in [0.25, 0.3) is 0 Å². The van der Waals surface area contributed by atoms with Crippen LogP contribution in [0.1, 0.15) is 38.2 Å². The maximum absolute atomic E-state index is 6.13. The van der Waals surface area contributed by atoms with E-state index < -0.39 is 0 Å². The highest BCUT2D eigenvalue weighted by Crippen LogP contribution is 2.41. The first kappa shape index (κ1) is 17.2. The van der Waals surface area contributed by atoms with Gasteiger partial charge in [0.2, 0.25) is 5.88 Å². The van der Waals surface area contributed by atoms with E-state index in [1.165, 1.54) is 12.8 Å². The summed E-state index contributed by atoms with van der Waals surface area (Å²) < 4.78 is 16.7. The highest BCUT2D eigenvalue weighted by atomic mass is 16.5. The van der Waals surface area contributed by atoms with Crippen molar-refractivity contribution in [1.29, 1.82) is 0 Å². The smallest absolute Gasteiger partial charge is 0.213 e. The minimum atomic E-state index is 0.542. The van der Waals surface area contributed by atoms with Gasteiger partial charge in [0.05, 0.1) is 31.9 Å². The van der Waals surface area contributed by atoms with Crippen LogP contribution in [-0.2, 0) is 0 Å². The Kier molecular flexibility index (Phi) is 5.90. The second-order valence-corrected chi connectivity index (χ2v) is 5.61. The molecule has 2 N–H and O–H groups in total. The van der Waals surface area contributed by atoms with Crippen molar-refractivity contribution in [3.8, 4) is 17.4 Å². The normalized spacial score (nSPS) is 10.8. The lowest BCUT2D eigenvalue weighted by Gasteiger charge is -2.17. The second kappa shape index (κ2) is 7.90. The van der Waals surface area contributed by atoms with Crippen LogP contribution in [0.4, 0.5) is 5.69 Å². The average Bonchev–Trinajstić information content (AvgIpc) is 2.55. The minimum absolute atomic E-state index is 0.542. The molecule has 0 saturated carbocycles. The molecule has 0 spiro atoms. The lowest BCUT2D eigenvalue weighted by atomic mass is 10.1. The maximum atomic E-state index is 6.13. The van der Waals surface area contributed by atoms with Crippen molar-refractivity contribution in [3.05, 3.63) is 17.7 Å². The molecule has 2 aromatic rings. The third kappa shape index (κ3) is 3.78. The molecule has 1 aromatic heterocycles. The van der Waals surface area contributed by atoms with Crippen LogP contribution in [0.15, 0.2) is 12.1 Å². The Morgan fingerprint density at radius 1 is 1.09 bits per heavy atom. The molecule has 0 aliphatic rings. The van der Waals surface area contributed by atoms with Crippen LogP contribution < -0.4 is 19.9 Å². The van der Waals surface area contributed by atoms with Crippen molar-refractivity contribution >= 4 is 16.6 Å². The summed E-state index contributed by atoms with van der Waals surface area (Å²) in [5, 5.41) is 0.887. The van der Waals surface area contributed by atoms with E-state index in [2.05, 4.69) is 11.9 Å². The van der Waals surface area contributed by atoms with E-state index in [4.69, 9.17) is 19.9 Å². The Labute approximate surface area is 137 Å². The van der Waals surface area contributed by atoms with Gasteiger partial charge in [-0.3, -0.25) is 0 Å². The van der Waals surface area contributed by atoms with Crippen LogP contribution in [0.25, 0.3) is 10.9 Å². The number of nitrogens with zero attached hydrogens (tertiary/aromatic N) is 1. The van der Waals surface area contributed by atoms with E-state index in [0.29, 0.717) is 35.2 Å². The quantitative estimate of drug-likeness (QED) is 0.586. The molecule has 0 aliphatic carbocycles. The number of aromatic nitrogens is 1. The molecule has 0 unspecified atom stereocenters. The van der Waals surface area contributed by atoms with Gasteiger partial charge in [-0.25, -0.2) is 4.98 Å². The van der Waals surface area contributed by atoms with Crippen molar-refractivity contribution in [2.45, 2.75) is 39.5 Å². The molecule has 0 radical (unpaired) electrons. The molecule has 5 nitrogen and oxygen atoms in total. The molecule has 1 aromatic carbocycles. The van der Waals surface area contributed by atoms with Gasteiger partial charge >= 0.3 is 0 Å². The summed E-state index contributed by atoms with van der Waals surface area (Å²) in [6.07, 6.45) is 4.61. The summed E-state index contributed by atoms with van der Waals surface area (Å²) in [6, 6.07) is 3.64. The molecule has 0 atom stereocenters. The number of nitrogens with two attached hydrogens (primary N) is 1. The number of nitrogen functional groups attached to an aromatic ring is 1. The largest absolute Gasteiger partial charge is 0.493 e. The zero-order chi connectivity index (χ0) is 16.8. The Bertz CT molecular complexity index is 671. The number of hydrogen-bond acceptors (Lipinski definition) is 5. The predicted octanol–water partition coefficient (Wildman–Crippen LogP) is 4.10. The topological polar surface area (TPSA) is 66.6 Å². The summed E-state index contributed by atoms with van der Waals surface area (Å²) >= 11 is 0. The van der Waals surface area contributed by atoms with Crippen LogP contribution >= 0.6 is 0 Å². The van der Waals surface area contributed by atoms with Gasteiger partial charge in [-0.05, 0) is 18.9 Å². The zero-order valence-corrected chi connectivity index (χ0v) is 14.4. The van der Waals surface area contributed by atoms with E-state index >= 15 is 0 Å². The summed E-state index contributed by atoms with van der Waals surface area (Å²) in [5.74, 6) is 1.89. The SMILES string of the molecule is CCCCCCOc1c(OC)cc(N)c2nc(OC)cc(C)c12. The fourth-order valence-electron chi connectivity index (χ4n) is 2.64. The lowest BCUT2D eigenvalue weighted by Crippen LogP contribution is -2.03. The molecular formula is C18H26N2O3. The third-order valence-corrected chi connectivity index (χ3v) is 3.88. The Balaban J connectivity index is 2.42. The van der Waals surface area contributed by atoms with E-state index in [1.807, 2.05) is 13.0 Å². The molecule has 2 rings (SSSR count). The van der Waals surface area contributed by atoms with Crippen molar-refractivity contribution in [2.75, 3.05) is 26.6 Å². The van der Waals surface area contributed by atoms with Crippen molar-refractivity contribution in [2.24, 2.45) is 0 Å². The van der Waals surface area contributed by atoms with E-state index in [0.717, 1.165) is 23.8 Å². The van der Waals surface area contributed by atoms with Gasteiger partial charge in [-0.2, -0.15) is 0 Å². The molecule has 0 fully saturated rings. The number of fused-ring (bicyclic) bond motifs is 1. The number of aryl methyl sites for hydroxylation is 1. The standard InChI is InChI=1S/C18H26N2O3/c1-5-6-7-8-9-23-18-14(21-3)11-13(19)17-16(18)12(2)10-15(20-17)22-4/h10-11H,5-9,19H2,1-4H3. The first-order valence-corrected chi connectivity index (χ1v) is 8.07. The van der Waals surface area contributed by atoms with Gasteiger partial charge in [0.1, 0.15) is 5.52 Å². The third-order valence-electron chi connectivity index (χ3n) is 3.88. The molecule has 23 heavy (non-hydrogen) atoms. The van der Waals surface area contributed by atoms with E-state index in [-0.39, 0.29) is 0 Å². The van der Waals surface area contributed by atoms with Crippen molar-refractivity contribution < 1.29 is 14.2 Å². The molecule has 1 heterocycles. The zero-order valence-electron chi connectivity index (χ0n) is 14.4. The fourth-order valence-corrected chi connectivity index (χ4v) is 2.64. The van der Waals surface area contributed by atoms with Crippen LogP contribution in [0, 0.1) is 6.92 Å². The predicted molar refractivity (Wildman–Crippen MR) is 93.6 cm³/mol. The summed E-state index contributed by atoms with van der Waals surface area (Å²) in [5.41, 5.74) is 8.37. The molecule has 0 aliphatic heterocycles. The molecule has 5 heteroatoms. The average molecular weight is 318 g/mol. The molecule has 0 bridgehead atoms. The van der Waals surface area contributed by atoms with Gasteiger partial charge in [-0.15, -0.1) is 0 Å². The van der Waals surface area contributed by atoms with Gasteiger partial charge in [0.15, 0.2) is 11.5 Å².